The monoisotopic (exact) mass is 261 g/mol. The number of hydrogen-bond acceptors (Lipinski definition) is 4. The molecule has 0 fully saturated rings. The minimum absolute atomic E-state index is 0.0891. The van der Waals surface area contributed by atoms with E-state index in [1.165, 1.54) is 0 Å². The topological polar surface area (TPSA) is 60.2 Å². The number of benzene rings is 1. The van der Waals surface area contributed by atoms with Crippen LogP contribution < -0.4 is 4.74 Å². The minimum atomic E-state index is -0.0891. The van der Waals surface area contributed by atoms with Gasteiger partial charge in [0.2, 0.25) is 0 Å². The Bertz CT molecular complexity index is 537. The van der Waals surface area contributed by atoms with E-state index in [2.05, 4.69) is 17.2 Å². The Labute approximate surface area is 112 Å². The van der Waals surface area contributed by atoms with E-state index in [1.807, 2.05) is 24.3 Å². The molecule has 5 nitrogen and oxygen atoms in total. The van der Waals surface area contributed by atoms with E-state index in [1.54, 1.807) is 11.8 Å². The Morgan fingerprint density at radius 1 is 1.32 bits per heavy atom. The lowest BCUT2D eigenvalue weighted by molar-refractivity contribution is 0.275. The largest absolute Gasteiger partial charge is 0.494 e. The number of hydrogen-bond donors (Lipinski definition) is 1. The molecular weight excluding hydrogens is 242 g/mol. The van der Waals surface area contributed by atoms with Crippen LogP contribution in [0.25, 0.3) is 5.69 Å². The van der Waals surface area contributed by atoms with Gasteiger partial charge in [0.15, 0.2) is 0 Å². The van der Waals surface area contributed by atoms with E-state index in [0.29, 0.717) is 5.69 Å². The van der Waals surface area contributed by atoms with E-state index in [9.17, 15) is 5.11 Å². The van der Waals surface area contributed by atoms with Crippen LogP contribution in [-0.4, -0.2) is 27.2 Å². The molecule has 0 aliphatic rings. The van der Waals surface area contributed by atoms with Crippen molar-refractivity contribution in [3.63, 3.8) is 0 Å². The molecule has 0 aliphatic heterocycles. The number of ether oxygens (including phenoxy) is 1. The minimum Gasteiger partial charge on any atom is -0.494 e. The quantitative estimate of drug-likeness (QED) is 0.865. The maximum atomic E-state index is 9.36. The highest BCUT2D eigenvalue weighted by Crippen LogP contribution is 2.24. The van der Waals surface area contributed by atoms with Gasteiger partial charge in [-0.3, -0.25) is 0 Å². The van der Waals surface area contributed by atoms with Crippen LogP contribution in [0.3, 0.4) is 0 Å². The van der Waals surface area contributed by atoms with E-state index in [4.69, 9.17) is 4.74 Å². The van der Waals surface area contributed by atoms with Gasteiger partial charge < -0.3 is 9.84 Å². The first-order valence-corrected chi connectivity index (χ1v) is 6.49. The smallest absolute Gasteiger partial charge is 0.144 e. The number of para-hydroxylation sites is 2. The molecule has 2 aromatic rings. The lowest BCUT2D eigenvalue weighted by Crippen LogP contribution is -2.05. The predicted molar refractivity (Wildman–Crippen MR) is 72.4 cm³/mol. The zero-order valence-corrected chi connectivity index (χ0v) is 11.3. The molecule has 0 radical (unpaired) electrons. The molecule has 0 saturated heterocycles. The summed E-state index contributed by atoms with van der Waals surface area (Å²) in [6.07, 6.45) is 2.97. The molecular formula is C14H19N3O2. The van der Waals surface area contributed by atoms with Gasteiger partial charge in [0.1, 0.15) is 17.1 Å². The van der Waals surface area contributed by atoms with Gasteiger partial charge in [-0.05, 0) is 25.0 Å². The van der Waals surface area contributed by atoms with Crippen molar-refractivity contribution in [3.05, 3.63) is 35.7 Å². The SMILES string of the molecule is CCCCc1c(CO)nnn1-c1ccccc1OC. The Morgan fingerprint density at radius 2 is 2.11 bits per heavy atom. The van der Waals surface area contributed by atoms with Crippen LogP contribution in [0.5, 0.6) is 5.75 Å². The molecule has 0 saturated carbocycles. The fraction of sp³-hybridized carbons (Fsp3) is 0.429. The first-order chi connectivity index (χ1) is 9.31. The zero-order valence-electron chi connectivity index (χ0n) is 11.3. The van der Waals surface area contributed by atoms with E-state index >= 15 is 0 Å². The third kappa shape index (κ3) is 2.76. The molecule has 102 valence electrons. The number of aromatic nitrogens is 3. The van der Waals surface area contributed by atoms with Gasteiger partial charge in [-0.1, -0.05) is 30.7 Å². The molecule has 0 bridgehead atoms. The summed E-state index contributed by atoms with van der Waals surface area (Å²) in [6, 6.07) is 7.67. The highest BCUT2D eigenvalue weighted by Gasteiger charge is 2.15. The second-order valence-corrected chi connectivity index (χ2v) is 4.33. The first-order valence-electron chi connectivity index (χ1n) is 6.49. The summed E-state index contributed by atoms with van der Waals surface area (Å²) in [5.41, 5.74) is 2.44. The van der Waals surface area contributed by atoms with Gasteiger partial charge in [0.05, 0.1) is 19.4 Å². The molecule has 0 aliphatic carbocycles. The van der Waals surface area contributed by atoms with Crippen LogP contribution in [0.15, 0.2) is 24.3 Å². The average Bonchev–Trinajstić information content (AvgIpc) is 2.87. The third-order valence-electron chi connectivity index (χ3n) is 3.07. The number of aliphatic hydroxyl groups is 1. The highest BCUT2D eigenvalue weighted by atomic mass is 16.5. The summed E-state index contributed by atoms with van der Waals surface area (Å²) >= 11 is 0. The van der Waals surface area contributed by atoms with Gasteiger partial charge in [0.25, 0.3) is 0 Å². The summed E-state index contributed by atoms with van der Waals surface area (Å²) in [7, 11) is 1.63. The molecule has 0 spiro atoms. The van der Waals surface area contributed by atoms with Crippen molar-refractivity contribution in [3.8, 4) is 11.4 Å². The lowest BCUT2D eigenvalue weighted by atomic mass is 10.1. The number of unbranched alkanes of at least 4 members (excludes halogenated alkanes) is 1. The third-order valence-corrected chi connectivity index (χ3v) is 3.07. The normalized spacial score (nSPS) is 10.7. The van der Waals surface area contributed by atoms with Crippen LogP contribution in [0.1, 0.15) is 31.2 Å². The maximum Gasteiger partial charge on any atom is 0.144 e. The Balaban J connectivity index is 2.46. The van der Waals surface area contributed by atoms with Crippen molar-refractivity contribution in [2.24, 2.45) is 0 Å². The van der Waals surface area contributed by atoms with Gasteiger partial charge in [0, 0.05) is 0 Å². The van der Waals surface area contributed by atoms with Crippen LogP contribution in [0.2, 0.25) is 0 Å². The molecule has 1 aromatic carbocycles. The molecule has 1 aromatic heterocycles. The fourth-order valence-electron chi connectivity index (χ4n) is 2.05. The Kier molecular flexibility index (Phi) is 4.52. The molecule has 0 unspecified atom stereocenters. The summed E-state index contributed by atoms with van der Waals surface area (Å²) in [4.78, 5) is 0. The molecule has 5 heteroatoms. The summed E-state index contributed by atoms with van der Waals surface area (Å²) < 4.78 is 7.11. The molecule has 1 heterocycles. The van der Waals surface area contributed by atoms with Crippen molar-refractivity contribution in [1.29, 1.82) is 0 Å². The van der Waals surface area contributed by atoms with Gasteiger partial charge in [-0.25, -0.2) is 4.68 Å². The van der Waals surface area contributed by atoms with Crippen LogP contribution in [0.4, 0.5) is 0 Å². The van der Waals surface area contributed by atoms with Crippen LogP contribution >= 0.6 is 0 Å². The second-order valence-electron chi connectivity index (χ2n) is 4.33. The molecule has 0 atom stereocenters. The van der Waals surface area contributed by atoms with Gasteiger partial charge in [-0.15, -0.1) is 5.10 Å². The number of rotatable bonds is 6. The summed E-state index contributed by atoms with van der Waals surface area (Å²) in [6.45, 7) is 2.05. The number of nitrogens with zero attached hydrogens (tertiary/aromatic N) is 3. The maximum absolute atomic E-state index is 9.36. The molecule has 1 N–H and O–H groups in total. The predicted octanol–water partition coefficient (Wildman–Crippen LogP) is 2.11. The summed E-state index contributed by atoms with van der Waals surface area (Å²) in [5.74, 6) is 0.745. The average molecular weight is 261 g/mol. The lowest BCUT2D eigenvalue weighted by Gasteiger charge is -2.10. The molecule has 2 rings (SSSR count). The van der Waals surface area contributed by atoms with Crippen LogP contribution in [0, 0.1) is 0 Å². The van der Waals surface area contributed by atoms with Crippen LogP contribution in [-0.2, 0) is 13.0 Å². The van der Waals surface area contributed by atoms with Crippen molar-refractivity contribution in [1.82, 2.24) is 15.0 Å². The highest BCUT2D eigenvalue weighted by molar-refractivity contribution is 5.47. The molecule has 19 heavy (non-hydrogen) atoms. The zero-order chi connectivity index (χ0) is 13.7. The van der Waals surface area contributed by atoms with E-state index in [-0.39, 0.29) is 6.61 Å². The number of methoxy groups -OCH3 is 1. The van der Waals surface area contributed by atoms with Crippen molar-refractivity contribution < 1.29 is 9.84 Å². The standard InChI is InChI=1S/C14H19N3O2/c1-3-4-7-12-11(10-18)15-16-17(12)13-8-5-6-9-14(13)19-2/h5-6,8-9,18H,3-4,7,10H2,1-2H3. The Hall–Kier alpha value is -1.88. The Morgan fingerprint density at radius 3 is 2.79 bits per heavy atom. The fourth-order valence-corrected chi connectivity index (χ4v) is 2.05. The van der Waals surface area contributed by atoms with Crippen molar-refractivity contribution in [2.75, 3.05) is 7.11 Å². The second kappa shape index (κ2) is 6.33. The van der Waals surface area contributed by atoms with E-state index in [0.717, 1.165) is 36.4 Å². The van der Waals surface area contributed by atoms with E-state index < -0.39 is 0 Å². The molecule has 0 amide bonds. The van der Waals surface area contributed by atoms with Crippen molar-refractivity contribution >= 4 is 0 Å². The van der Waals surface area contributed by atoms with Crippen molar-refractivity contribution in [2.45, 2.75) is 32.8 Å². The summed E-state index contributed by atoms with van der Waals surface area (Å²) in [5, 5.41) is 17.5. The van der Waals surface area contributed by atoms with Gasteiger partial charge >= 0.3 is 0 Å². The van der Waals surface area contributed by atoms with Gasteiger partial charge in [-0.2, -0.15) is 0 Å². The number of aliphatic hydroxyl groups excluding tert-OH is 1. The first kappa shape index (κ1) is 13.5.